The van der Waals surface area contributed by atoms with Crippen LogP contribution in [-0.4, -0.2) is 50.9 Å². The standard InChI is InChI=1S/C30H36FN3O5S/c1-6-22(3)32-30(36)23(4)33(19-24-9-7-21(2)8-10-24)29(35)20-34(26-13-11-25(31)12-14-26)40(37,38)28-17-15-27(39-5)16-18-28/h7-18,22-23H,6,19-20H2,1-5H3,(H,32,36)/t22-,23-/m1/s1. The van der Waals surface area contributed by atoms with Crippen molar-refractivity contribution < 1.29 is 27.1 Å². The molecule has 0 spiro atoms. The smallest absolute Gasteiger partial charge is 0.264 e. The van der Waals surface area contributed by atoms with Gasteiger partial charge in [-0.25, -0.2) is 12.8 Å². The van der Waals surface area contributed by atoms with E-state index in [9.17, 15) is 22.4 Å². The van der Waals surface area contributed by atoms with Crippen LogP contribution in [-0.2, 0) is 26.2 Å². The van der Waals surface area contributed by atoms with E-state index in [-0.39, 0.29) is 29.1 Å². The van der Waals surface area contributed by atoms with Crippen molar-refractivity contribution in [3.05, 3.63) is 89.7 Å². The molecule has 2 amide bonds. The van der Waals surface area contributed by atoms with Gasteiger partial charge in [-0.2, -0.15) is 0 Å². The molecule has 40 heavy (non-hydrogen) atoms. The molecule has 0 unspecified atom stereocenters. The average molecular weight is 570 g/mol. The van der Waals surface area contributed by atoms with Gasteiger partial charge in [0.2, 0.25) is 11.8 Å². The van der Waals surface area contributed by atoms with Crippen molar-refractivity contribution >= 4 is 27.5 Å². The predicted molar refractivity (Wildman–Crippen MR) is 153 cm³/mol. The molecule has 0 radical (unpaired) electrons. The highest BCUT2D eigenvalue weighted by Gasteiger charge is 2.32. The second-order valence-corrected chi connectivity index (χ2v) is 11.5. The van der Waals surface area contributed by atoms with Crippen molar-refractivity contribution in [3.63, 3.8) is 0 Å². The molecular weight excluding hydrogens is 533 g/mol. The molecule has 0 saturated carbocycles. The molecule has 0 bridgehead atoms. The Morgan fingerprint density at radius 1 is 0.950 bits per heavy atom. The number of hydrogen-bond acceptors (Lipinski definition) is 5. The number of nitrogens with zero attached hydrogens (tertiary/aromatic N) is 2. The van der Waals surface area contributed by atoms with Crippen LogP contribution in [0.2, 0.25) is 0 Å². The van der Waals surface area contributed by atoms with Crippen LogP contribution < -0.4 is 14.4 Å². The van der Waals surface area contributed by atoms with Crippen LogP contribution in [0.1, 0.15) is 38.3 Å². The van der Waals surface area contributed by atoms with Gasteiger partial charge in [-0.05, 0) is 81.3 Å². The summed E-state index contributed by atoms with van der Waals surface area (Å²) < 4.78 is 47.4. The third-order valence-electron chi connectivity index (χ3n) is 6.68. The summed E-state index contributed by atoms with van der Waals surface area (Å²) in [6.45, 7) is 6.86. The molecule has 0 heterocycles. The first-order chi connectivity index (χ1) is 19.0. The van der Waals surface area contributed by atoms with E-state index in [2.05, 4.69) is 5.32 Å². The first-order valence-corrected chi connectivity index (χ1v) is 14.5. The summed E-state index contributed by atoms with van der Waals surface area (Å²) in [5.41, 5.74) is 1.93. The maximum absolute atomic E-state index is 13.9. The number of benzene rings is 3. The Morgan fingerprint density at radius 3 is 2.10 bits per heavy atom. The van der Waals surface area contributed by atoms with Gasteiger partial charge in [0, 0.05) is 12.6 Å². The van der Waals surface area contributed by atoms with Crippen molar-refractivity contribution in [1.29, 1.82) is 0 Å². The maximum atomic E-state index is 13.9. The van der Waals surface area contributed by atoms with Gasteiger partial charge >= 0.3 is 0 Å². The number of carbonyl (C=O) groups is 2. The number of amides is 2. The van der Waals surface area contributed by atoms with Gasteiger partial charge in [-0.15, -0.1) is 0 Å². The zero-order valence-corrected chi connectivity index (χ0v) is 24.2. The number of ether oxygens (including phenoxy) is 1. The third-order valence-corrected chi connectivity index (χ3v) is 8.47. The van der Waals surface area contributed by atoms with E-state index in [4.69, 9.17) is 4.74 Å². The number of sulfonamides is 1. The molecule has 0 aliphatic carbocycles. The Bertz CT molecular complexity index is 1390. The monoisotopic (exact) mass is 569 g/mol. The summed E-state index contributed by atoms with van der Waals surface area (Å²) in [6, 6.07) is 17.2. The molecule has 214 valence electrons. The Kier molecular flexibility index (Phi) is 10.3. The number of aryl methyl sites for hydroxylation is 1. The van der Waals surface area contributed by atoms with Crippen molar-refractivity contribution in [2.45, 2.75) is 57.6 Å². The van der Waals surface area contributed by atoms with Crippen LogP contribution in [0, 0.1) is 12.7 Å². The molecule has 3 rings (SSSR count). The molecule has 1 N–H and O–H groups in total. The van der Waals surface area contributed by atoms with Crippen LogP contribution in [0.4, 0.5) is 10.1 Å². The van der Waals surface area contributed by atoms with Gasteiger partial charge in [-0.3, -0.25) is 13.9 Å². The fraction of sp³-hybridized carbons (Fsp3) is 0.333. The zero-order chi connectivity index (χ0) is 29.4. The number of halogens is 1. The lowest BCUT2D eigenvalue weighted by atomic mass is 10.1. The number of methoxy groups -OCH3 is 1. The first kappa shape index (κ1) is 30.6. The van der Waals surface area contributed by atoms with Gasteiger partial charge < -0.3 is 15.0 Å². The number of carbonyl (C=O) groups excluding carboxylic acids is 2. The van der Waals surface area contributed by atoms with E-state index in [1.54, 1.807) is 6.92 Å². The molecule has 10 heteroatoms. The van der Waals surface area contributed by atoms with Crippen molar-refractivity contribution in [3.8, 4) is 5.75 Å². The summed E-state index contributed by atoms with van der Waals surface area (Å²) in [4.78, 5) is 28.3. The molecule has 0 aromatic heterocycles. The summed E-state index contributed by atoms with van der Waals surface area (Å²) in [5.74, 6) is -1.02. The Labute approximate surface area is 235 Å². The SMILES string of the molecule is CC[C@@H](C)NC(=O)[C@@H](C)N(Cc1ccc(C)cc1)C(=O)CN(c1ccc(F)cc1)S(=O)(=O)c1ccc(OC)cc1. The topological polar surface area (TPSA) is 96.0 Å². The normalized spacial score (nSPS) is 12.8. The molecule has 0 aliphatic heterocycles. The molecule has 0 fully saturated rings. The Hall–Kier alpha value is -3.92. The summed E-state index contributed by atoms with van der Waals surface area (Å²) in [5, 5.41) is 2.90. The highest BCUT2D eigenvalue weighted by Crippen LogP contribution is 2.26. The van der Waals surface area contributed by atoms with E-state index in [1.807, 2.05) is 45.0 Å². The van der Waals surface area contributed by atoms with E-state index >= 15 is 0 Å². The van der Waals surface area contributed by atoms with E-state index < -0.39 is 34.3 Å². The highest BCUT2D eigenvalue weighted by molar-refractivity contribution is 7.92. The lowest BCUT2D eigenvalue weighted by molar-refractivity contribution is -0.139. The number of nitrogens with one attached hydrogen (secondary N) is 1. The summed E-state index contributed by atoms with van der Waals surface area (Å²) >= 11 is 0. The minimum absolute atomic E-state index is 0.0712. The molecule has 8 nitrogen and oxygen atoms in total. The van der Waals surface area contributed by atoms with Crippen molar-refractivity contribution in [2.24, 2.45) is 0 Å². The van der Waals surface area contributed by atoms with Crippen LogP contribution in [0.5, 0.6) is 5.75 Å². The van der Waals surface area contributed by atoms with Crippen molar-refractivity contribution in [2.75, 3.05) is 18.0 Å². The quantitative estimate of drug-likeness (QED) is 0.342. The Morgan fingerprint density at radius 2 is 1.55 bits per heavy atom. The molecule has 0 aliphatic rings. The van der Waals surface area contributed by atoms with E-state index in [0.29, 0.717) is 12.2 Å². The molecular formula is C30H36FN3O5S. The van der Waals surface area contributed by atoms with Crippen LogP contribution >= 0.6 is 0 Å². The predicted octanol–water partition coefficient (Wildman–Crippen LogP) is 4.67. The summed E-state index contributed by atoms with van der Waals surface area (Å²) in [7, 11) is -2.79. The third kappa shape index (κ3) is 7.59. The minimum Gasteiger partial charge on any atom is -0.497 e. The van der Waals surface area contributed by atoms with Gasteiger partial charge in [-0.1, -0.05) is 36.8 Å². The van der Waals surface area contributed by atoms with Gasteiger partial charge in [0.05, 0.1) is 17.7 Å². The highest BCUT2D eigenvalue weighted by atomic mass is 32.2. The van der Waals surface area contributed by atoms with Crippen LogP contribution in [0.15, 0.2) is 77.7 Å². The van der Waals surface area contributed by atoms with Gasteiger partial charge in [0.25, 0.3) is 10.0 Å². The number of anilines is 1. The zero-order valence-electron chi connectivity index (χ0n) is 23.4. The van der Waals surface area contributed by atoms with Crippen LogP contribution in [0.25, 0.3) is 0 Å². The first-order valence-electron chi connectivity index (χ1n) is 13.0. The average Bonchev–Trinajstić information content (AvgIpc) is 2.95. The number of rotatable bonds is 12. The number of hydrogen-bond donors (Lipinski definition) is 1. The molecule has 3 aromatic carbocycles. The second-order valence-electron chi connectivity index (χ2n) is 9.66. The second kappa shape index (κ2) is 13.4. The van der Waals surface area contributed by atoms with Crippen molar-refractivity contribution in [1.82, 2.24) is 10.2 Å². The molecule has 2 atom stereocenters. The fourth-order valence-electron chi connectivity index (χ4n) is 3.95. The summed E-state index contributed by atoms with van der Waals surface area (Å²) in [6.07, 6.45) is 0.711. The van der Waals surface area contributed by atoms with E-state index in [1.165, 1.54) is 48.4 Å². The molecule has 3 aromatic rings. The Balaban J connectivity index is 2.01. The van der Waals surface area contributed by atoms with Gasteiger partial charge in [0.1, 0.15) is 24.2 Å². The van der Waals surface area contributed by atoms with E-state index in [0.717, 1.165) is 27.6 Å². The maximum Gasteiger partial charge on any atom is 0.264 e. The fourth-order valence-corrected chi connectivity index (χ4v) is 5.36. The lowest BCUT2D eigenvalue weighted by Gasteiger charge is -2.32. The molecule has 0 saturated heterocycles. The van der Waals surface area contributed by atoms with Gasteiger partial charge in [0.15, 0.2) is 0 Å². The lowest BCUT2D eigenvalue weighted by Crippen LogP contribution is -2.52. The van der Waals surface area contributed by atoms with Crippen LogP contribution in [0.3, 0.4) is 0 Å². The minimum atomic E-state index is -4.26. The largest absolute Gasteiger partial charge is 0.497 e.